The lowest BCUT2D eigenvalue weighted by Crippen LogP contribution is -2.08. The van der Waals surface area contributed by atoms with Crippen molar-refractivity contribution < 1.29 is 4.79 Å². The molecule has 0 spiro atoms. The predicted octanol–water partition coefficient (Wildman–Crippen LogP) is 5.36. The highest BCUT2D eigenvalue weighted by atomic mass is 32.1. The van der Waals surface area contributed by atoms with Crippen LogP contribution in [-0.4, -0.2) is 15.9 Å². The summed E-state index contributed by atoms with van der Waals surface area (Å²) in [5.41, 5.74) is 3.87. The van der Waals surface area contributed by atoms with Crippen LogP contribution in [0.3, 0.4) is 0 Å². The molecular weight excluding hydrogens is 362 g/mol. The second kappa shape index (κ2) is 7.35. The maximum absolute atomic E-state index is 11.5. The van der Waals surface area contributed by atoms with Crippen molar-refractivity contribution >= 4 is 44.5 Å². The van der Waals surface area contributed by atoms with Crippen molar-refractivity contribution in [1.82, 2.24) is 9.97 Å². The van der Waals surface area contributed by atoms with E-state index in [4.69, 9.17) is 4.98 Å². The van der Waals surface area contributed by atoms with Crippen LogP contribution in [0.15, 0.2) is 53.9 Å². The molecule has 0 fully saturated rings. The SMILES string of the molecule is CCC(=O)Nc1ccc(-c2csc(Cc3nc4ccccc4s3)n2)cc1. The van der Waals surface area contributed by atoms with Gasteiger partial charge in [-0.15, -0.1) is 22.7 Å². The van der Waals surface area contributed by atoms with Crippen molar-refractivity contribution in [1.29, 1.82) is 0 Å². The number of nitrogens with one attached hydrogen (secondary N) is 1. The Morgan fingerprint density at radius 2 is 1.85 bits per heavy atom. The second-order valence-electron chi connectivity index (χ2n) is 5.86. The molecule has 26 heavy (non-hydrogen) atoms. The van der Waals surface area contributed by atoms with Crippen LogP contribution >= 0.6 is 22.7 Å². The van der Waals surface area contributed by atoms with Crippen molar-refractivity contribution in [2.45, 2.75) is 19.8 Å². The van der Waals surface area contributed by atoms with E-state index in [1.807, 2.05) is 49.4 Å². The molecule has 0 aliphatic rings. The number of thiazole rings is 2. The number of carbonyl (C=O) groups is 1. The largest absolute Gasteiger partial charge is 0.326 e. The number of carbonyl (C=O) groups excluding carboxylic acids is 1. The van der Waals surface area contributed by atoms with Crippen molar-refractivity contribution in [3.63, 3.8) is 0 Å². The number of fused-ring (bicyclic) bond motifs is 1. The van der Waals surface area contributed by atoms with Gasteiger partial charge in [-0.2, -0.15) is 0 Å². The van der Waals surface area contributed by atoms with Gasteiger partial charge in [-0.1, -0.05) is 31.2 Å². The summed E-state index contributed by atoms with van der Waals surface area (Å²) in [5.74, 6) is 0.0181. The summed E-state index contributed by atoms with van der Waals surface area (Å²) >= 11 is 3.38. The lowest BCUT2D eigenvalue weighted by Gasteiger charge is -2.04. The Morgan fingerprint density at radius 3 is 2.62 bits per heavy atom. The number of rotatable bonds is 5. The molecule has 130 valence electrons. The molecule has 2 aromatic carbocycles. The third-order valence-electron chi connectivity index (χ3n) is 3.98. The molecule has 6 heteroatoms. The maximum Gasteiger partial charge on any atom is 0.224 e. The molecule has 1 N–H and O–H groups in total. The summed E-state index contributed by atoms with van der Waals surface area (Å²) in [5, 5.41) is 7.07. The van der Waals surface area contributed by atoms with E-state index in [-0.39, 0.29) is 5.91 Å². The normalized spacial score (nSPS) is 11.0. The van der Waals surface area contributed by atoms with Crippen LogP contribution in [0.25, 0.3) is 21.5 Å². The van der Waals surface area contributed by atoms with Gasteiger partial charge in [0.15, 0.2) is 0 Å². The highest BCUT2D eigenvalue weighted by molar-refractivity contribution is 7.18. The average molecular weight is 380 g/mol. The van der Waals surface area contributed by atoms with E-state index in [2.05, 4.69) is 21.7 Å². The Hall–Kier alpha value is -2.57. The number of hydrogen-bond acceptors (Lipinski definition) is 5. The molecule has 4 nitrogen and oxygen atoms in total. The molecule has 2 aromatic heterocycles. The molecule has 0 aliphatic heterocycles. The van der Waals surface area contributed by atoms with Gasteiger partial charge in [0.25, 0.3) is 0 Å². The molecule has 0 unspecified atom stereocenters. The minimum Gasteiger partial charge on any atom is -0.326 e. The summed E-state index contributed by atoms with van der Waals surface area (Å²) in [6, 6.07) is 16.0. The quantitative estimate of drug-likeness (QED) is 0.508. The molecule has 4 aromatic rings. The van der Waals surface area contributed by atoms with Gasteiger partial charge in [-0.3, -0.25) is 4.79 Å². The van der Waals surface area contributed by atoms with E-state index in [9.17, 15) is 4.79 Å². The minimum absolute atomic E-state index is 0.0181. The van der Waals surface area contributed by atoms with Crippen LogP contribution in [0.1, 0.15) is 23.4 Å². The minimum atomic E-state index is 0.0181. The van der Waals surface area contributed by atoms with Crippen molar-refractivity contribution in [3.8, 4) is 11.3 Å². The second-order valence-corrected chi connectivity index (χ2v) is 7.92. The fraction of sp³-hybridized carbons (Fsp3) is 0.150. The summed E-state index contributed by atoms with van der Waals surface area (Å²) in [4.78, 5) is 20.9. The summed E-state index contributed by atoms with van der Waals surface area (Å²) in [6.07, 6.45) is 1.23. The van der Waals surface area contributed by atoms with Crippen molar-refractivity contribution in [3.05, 3.63) is 63.9 Å². The van der Waals surface area contributed by atoms with Crippen molar-refractivity contribution in [2.75, 3.05) is 5.32 Å². The Morgan fingerprint density at radius 1 is 1.04 bits per heavy atom. The fourth-order valence-electron chi connectivity index (χ4n) is 2.62. The summed E-state index contributed by atoms with van der Waals surface area (Å²) in [7, 11) is 0. The number of aromatic nitrogens is 2. The Balaban J connectivity index is 1.49. The Kier molecular flexibility index (Phi) is 4.77. The zero-order chi connectivity index (χ0) is 17.9. The molecule has 0 radical (unpaired) electrons. The predicted molar refractivity (Wildman–Crippen MR) is 109 cm³/mol. The number of benzene rings is 2. The van der Waals surface area contributed by atoms with Gasteiger partial charge in [0.1, 0.15) is 10.0 Å². The standard InChI is InChI=1S/C20H17N3OS2/c1-2-18(24)21-14-9-7-13(8-10-14)16-12-25-19(23-16)11-20-22-15-5-3-4-6-17(15)26-20/h3-10,12H,2,11H2,1H3,(H,21,24). The molecular formula is C20H17N3OS2. The molecule has 0 atom stereocenters. The van der Waals surface area contributed by atoms with E-state index in [1.54, 1.807) is 22.7 Å². The highest BCUT2D eigenvalue weighted by Gasteiger charge is 2.09. The maximum atomic E-state index is 11.5. The average Bonchev–Trinajstić information content (AvgIpc) is 3.29. The zero-order valence-corrected chi connectivity index (χ0v) is 15.9. The lowest BCUT2D eigenvalue weighted by molar-refractivity contribution is -0.115. The van der Waals surface area contributed by atoms with Gasteiger partial charge in [0, 0.05) is 23.1 Å². The first-order valence-corrected chi connectivity index (χ1v) is 10.1. The van der Waals surface area contributed by atoms with Gasteiger partial charge in [-0.05, 0) is 24.3 Å². The van der Waals surface area contributed by atoms with Crippen molar-refractivity contribution in [2.24, 2.45) is 0 Å². The third kappa shape index (κ3) is 3.66. The summed E-state index contributed by atoms with van der Waals surface area (Å²) < 4.78 is 1.21. The van der Waals surface area contributed by atoms with Gasteiger partial charge in [-0.25, -0.2) is 9.97 Å². The monoisotopic (exact) mass is 379 g/mol. The van der Waals surface area contributed by atoms with Crippen LogP contribution in [-0.2, 0) is 11.2 Å². The van der Waals surface area contributed by atoms with Crippen LogP contribution in [0.5, 0.6) is 0 Å². The first-order chi connectivity index (χ1) is 12.7. The molecule has 4 rings (SSSR count). The lowest BCUT2D eigenvalue weighted by atomic mass is 10.1. The topological polar surface area (TPSA) is 54.9 Å². The van der Waals surface area contributed by atoms with Gasteiger partial charge in [0.05, 0.1) is 22.3 Å². The van der Waals surface area contributed by atoms with Crippen LogP contribution in [0, 0.1) is 0 Å². The summed E-state index contributed by atoms with van der Waals surface area (Å²) in [6.45, 7) is 1.84. The fourth-order valence-corrected chi connectivity index (χ4v) is 4.49. The Bertz CT molecular complexity index is 1020. The first-order valence-electron chi connectivity index (χ1n) is 8.40. The molecule has 0 saturated heterocycles. The number of hydrogen-bond donors (Lipinski definition) is 1. The van der Waals surface area contributed by atoms with Crippen LogP contribution < -0.4 is 5.32 Å². The van der Waals surface area contributed by atoms with E-state index < -0.39 is 0 Å². The van der Waals surface area contributed by atoms with E-state index in [0.29, 0.717) is 6.42 Å². The number of nitrogens with zero attached hydrogens (tertiary/aromatic N) is 2. The molecule has 0 saturated carbocycles. The number of amides is 1. The Labute approximate surface area is 159 Å². The van der Waals surface area contributed by atoms with E-state index >= 15 is 0 Å². The molecule has 1 amide bonds. The first kappa shape index (κ1) is 16.9. The smallest absolute Gasteiger partial charge is 0.224 e. The highest BCUT2D eigenvalue weighted by Crippen LogP contribution is 2.27. The van der Waals surface area contributed by atoms with Gasteiger partial charge >= 0.3 is 0 Å². The molecule has 0 bridgehead atoms. The number of anilines is 1. The van der Waals surface area contributed by atoms with E-state index in [0.717, 1.165) is 38.9 Å². The number of para-hydroxylation sites is 1. The third-order valence-corrected chi connectivity index (χ3v) is 5.86. The van der Waals surface area contributed by atoms with Gasteiger partial charge < -0.3 is 5.32 Å². The van der Waals surface area contributed by atoms with E-state index in [1.165, 1.54) is 4.70 Å². The zero-order valence-electron chi connectivity index (χ0n) is 14.2. The van der Waals surface area contributed by atoms with Gasteiger partial charge in [0.2, 0.25) is 5.91 Å². The van der Waals surface area contributed by atoms with Crippen LogP contribution in [0.2, 0.25) is 0 Å². The molecule has 2 heterocycles. The molecule has 0 aliphatic carbocycles. The van der Waals surface area contributed by atoms with Crippen LogP contribution in [0.4, 0.5) is 5.69 Å².